The SMILES string of the molecule is O=C(CNc1cc(Cl)c(Cl)cc1O)N1CCN(S(=O)(=O)c2c(F)c(F)c(F)c(F)c2OCF)CC1. The fourth-order valence-electron chi connectivity index (χ4n) is 3.27. The van der Waals surface area contributed by atoms with Crippen molar-refractivity contribution in [3.8, 4) is 11.5 Å². The Morgan fingerprint density at radius 2 is 1.57 bits per heavy atom. The highest BCUT2D eigenvalue weighted by molar-refractivity contribution is 7.89. The fourth-order valence-corrected chi connectivity index (χ4v) is 5.20. The number of ether oxygens (including phenoxy) is 1. The van der Waals surface area contributed by atoms with Crippen LogP contribution in [0.3, 0.4) is 0 Å². The Hall–Kier alpha value is -2.55. The van der Waals surface area contributed by atoms with E-state index in [2.05, 4.69) is 10.1 Å². The molecule has 0 spiro atoms. The smallest absolute Gasteiger partial charge is 0.250 e. The maximum Gasteiger partial charge on any atom is 0.250 e. The van der Waals surface area contributed by atoms with Crippen molar-refractivity contribution < 1.29 is 45.0 Å². The summed E-state index contributed by atoms with van der Waals surface area (Å²) in [6, 6.07) is 2.46. The van der Waals surface area contributed by atoms with Crippen molar-refractivity contribution in [1.29, 1.82) is 0 Å². The molecule has 2 aromatic carbocycles. The lowest BCUT2D eigenvalue weighted by molar-refractivity contribution is -0.130. The van der Waals surface area contributed by atoms with Gasteiger partial charge in [0, 0.05) is 32.2 Å². The van der Waals surface area contributed by atoms with Crippen molar-refractivity contribution in [3.63, 3.8) is 0 Å². The summed E-state index contributed by atoms with van der Waals surface area (Å²) < 4.78 is 98.6. The highest BCUT2D eigenvalue weighted by Gasteiger charge is 2.39. The molecule has 16 heteroatoms. The number of carbonyl (C=O) groups excluding carboxylic acids is 1. The Balaban J connectivity index is 1.73. The number of hydrogen-bond donors (Lipinski definition) is 2. The summed E-state index contributed by atoms with van der Waals surface area (Å²) in [5.74, 6) is -11.7. The van der Waals surface area contributed by atoms with Gasteiger partial charge in [-0.2, -0.15) is 8.70 Å². The number of hydrogen-bond acceptors (Lipinski definition) is 6. The third-order valence-electron chi connectivity index (χ3n) is 5.04. The van der Waals surface area contributed by atoms with E-state index in [9.17, 15) is 40.3 Å². The normalized spacial score (nSPS) is 14.8. The first kappa shape index (κ1) is 27.0. The lowest BCUT2D eigenvalue weighted by Crippen LogP contribution is -2.51. The summed E-state index contributed by atoms with van der Waals surface area (Å²) >= 11 is 11.6. The molecule has 0 saturated carbocycles. The van der Waals surface area contributed by atoms with E-state index in [0.717, 1.165) is 0 Å². The minimum Gasteiger partial charge on any atom is -0.506 e. The van der Waals surface area contributed by atoms with Gasteiger partial charge in [-0.3, -0.25) is 4.79 Å². The summed E-state index contributed by atoms with van der Waals surface area (Å²) in [4.78, 5) is 12.0. The van der Waals surface area contributed by atoms with E-state index in [1.54, 1.807) is 0 Å². The maximum absolute atomic E-state index is 14.3. The monoisotopic (exact) mass is 563 g/mol. The van der Waals surface area contributed by atoms with Crippen molar-refractivity contribution >= 4 is 44.8 Å². The molecule has 2 N–H and O–H groups in total. The van der Waals surface area contributed by atoms with Gasteiger partial charge in [0.1, 0.15) is 5.75 Å². The molecule has 0 aromatic heterocycles. The van der Waals surface area contributed by atoms with Gasteiger partial charge in [0.05, 0.1) is 22.3 Å². The predicted octanol–water partition coefficient (Wildman–Crippen LogP) is 3.51. The van der Waals surface area contributed by atoms with Crippen molar-refractivity contribution in [2.24, 2.45) is 0 Å². The van der Waals surface area contributed by atoms with E-state index in [0.29, 0.717) is 4.31 Å². The van der Waals surface area contributed by atoms with Crippen molar-refractivity contribution in [2.45, 2.75) is 4.90 Å². The Kier molecular flexibility index (Phi) is 8.19. The van der Waals surface area contributed by atoms with E-state index >= 15 is 0 Å². The maximum atomic E-state index is 14.3. The number of alkyl halides is 1. The van der Waals surface area contributed by atoms with Gasteiger partial charge in [-0.25, -0.2) is 26.0 Å². The predicted molar refractivity (Wildman–Crippen MR) is 115 cm³/mol. The van der Waals surface area contributed by atoms with E-state index < -0.39 is 69.8 Å². The highest BCUT2D eigenvalue weighted by Crippen LogP contribution is 2.36. The number of piperazine rings is 1. The zero-order valence-electron chi connectivity index (χ0n) is 17.4. The molecular formula is C19H16Cl2F5N3O5S. The molecule has 35 heavy (non-hydrogen) atoms. The molecule has 0 atom stereocenters. The van der Waals surface area contributed by atoms with Gasteiger partial charge < -0.3 is 20.1 Å². The second-order valence-electron chi connectivity index (χ2n) is 7.09. The molecule has 1 saturated heterocycles. The van der Waals surface area contributed by atoms with Crippen LogP contribution in [-0.2, 0) is 14.8 Å². The summed E-state index contributed by atoms with van der Waals surface area (Å²) in [7, 11) is -5.02. The van der Waals surface area contributed by atoms with E-state index in [-0.39, 0.29) is 41.1 Å². The van der Waals surface area contributed by atoms with Crippen LogP contribution in [0, 0.1) is 23.3 Å². The summed E-state index contributed by atoms with van der Waals surface area (Å²) in [5, 5.41) is 12.7. The number of nitrogens with one attached hydrogen (secondary N) is 1. The molecule has 0 unspecified atom stereocenters. The minimum atomic E-state index is -5.02. The van der Waals surface area contributed by atoms with Crippen molar-refractivity contribution in [1.82, 2.24) is 9.21 Å². The van der Waals surface area contributed by atoms with Crippen LogP contribution in [0.15, 0.2) is 17.0 Å². The Bertz CT molecular complexity index is 1260. The van der Waals surface area contributed by atoms with Gasteiger partial charge in [0.2, 0.25) is 34.4 Å². The van der Waals surface area contributed by atoms with Crippen LogP contribution in [0.4, 0.5) is 27.6 Å². The average Bonchev–Trinajstić information content (AvgIpc) is 2.82. The quantitative estimate of drug-likeness (QED) is 0.231. The minimum absolute atomic E-state index is 0.0933. The number of phenolic OH excluding ortho intramolecular Hbond substituents is 1. The second-order valence-corrected chi connectivity index (χ2v) is 9.78. The van der Waals surface area contributed by atoms with Gasteiger partial charge in [0.15, 0.2) is 22.3 Å². The van der Waals surface area contributed by atoms with Gasteiger partial charge in [0.25, 0.3) is 0 Å². The number of benzene rings is 2. The van der Waals surface area contributed by atoms with Crippen LogP contribution < -0.4 is 10.1 Å². The lowest BCUT2D eigenvalue weighted by Gasteiger charge is -2.34. The molecule has 1 aliphatic rings. The van der Waals surface area contributed by atoms with Gasteiger partial charge >= 0.3 is 0 Å². The summed E-state index contributed by atoms with van der Waals surface area (Å²) in [6.45, 7) is -3.44. The Morgan fingerprint density at radius 3 is 2.17 bits per heavy atom. The molecule has 3 rings (SSSR count). The van der Waals surface area contributed by atoms with Crippen LogP contribution in [-0.4, -0.2) is 68.2 Å². The van der Waals surface area contributed by atoms with E-state index in [4.69, 9.17) is 23.2 Å². The number of carbonyl (C=O) groups is 1. The number of phenols is 1. The standard InChI is InChI=1S/C19H16Cl2F5N3O5S/c20-9-5-11(12(30)6-10(9)21)27-7-13(31)28-1-3-29(4-2-28)35(32,33)19-17(26)15(24)14(23)16(25)18(19)34-8-22/h5-6,27,30H,1-4,7-8H2. The van der Waals surface area contributed by atoms with Crippen molar-refractivity contribution in [2.75, 3.05) is 44.9 Å². The molecule has 192 valence electrons. The molecule has 0 radical (unpaired) electrons. The number of aromatic hydroxyl groups is 1. The second kappa shape index (κ2) is 10.6. The summed E-state index contributed by atoms with van der Waals surface area (Å²) in [6.07, 6.45) is 0. The van der Waals surface area contributed by atoms with Crippen molar-refractivity contribution in [3.05, 3.63) is 45.4 Å². The first-order valence-corrected chi connectivity index (χ1v) is 11.8. The van der Waals surface area contributed by atoms with Crippen LogP contribution in [0.1, 0.15) is 0 Å². The van der Waals surface area contributed by atoms with Crippen LogP contribution in [0.5, 0.6) is 11.5 Å². The molecule has 8 nitrogen and oxygen atoms in total. The number of sulfonamides is 1. The van der Waals surface area contributed by atoms with Gasteiger partial charge in [-0.05, 0) is 6.07 Å². The third-order valence-corrected chi connectivity index (χ3v) is 7.69. The molecular weight excluding hydrogens is 548 g/mol. The number of nitrogens with zero attached hydrogens (tertiary/aromatic N) is 2. The van der Waals surface area contributed by atoms with Crippen LogP contribution in [0.25, 0.3) is 0 Å². The molecule has 1 fully saturated rings. The van der Waals surface area contributed by atoms with Gasteiger partial charge in [-0.1, -0.05) is 23.2 Å². The molecule has 0 aliphatic carbocycles. The molecule has 1 heterocycles. The highest BCUT2D eigenvalue weighted by atomic mass is 35.5. The topological polar surface area (TPSA) is 99.2 Å². The third kappa shape index (κ3) is 5.34. The largest absolute Gasteiger partial charge is 0.506 e. The average molecular weight is 564 g/mol. The van der Waals surface area contributed by atoms with Crippen LogP contribution in [0.2, 0.25) is 10.0 Å². The van der Waals surface area contributed by atoms with Gasteiger partial charge in [-0.15, -0.1) is 0 Å². The zero-order chi connectivity index (χ0) is 26.1. The number of amides is 1. The number of anilines is 1. The Labute approximate surface area is 205 Å². The van der Waals surface area contributed by atoms with E-state index in [1.807, 2.05) is 0 Å². The number of rotatable bonds is 7. The van der Waals surface area contributed by atoms with Crippen LogP contribution >= 0.6 is 23.2 Å². The first-order valence-electron chi connectivity index (χ1n) is 9.64. The molecule has 2 aromatic rings. The molecule has 1 amide bonds. The van der Waals surface area contributed by atoms with E-state index in [1.165, 1.54) is 17.0 Å². The molecule has 1 aliphatic heterocycles. The Morgan fingerprint density at radius 1 is 1.00 bits per heavy atom. The summed E-state index contributed by atoms with van der Waals surface area (Å²) in [5.41, 5.74) is 0.116. The number of halogens is 7. The fraction of sp³-hybridized carbons (Fsp3) is 0.316. The molecule has 0 bridgehead atoms. The first-order chi connectivity index (χ1) is 16.4. The zero-order valence-corrected chi connectivity index (χ0v) is 19.8. The lowest BCUT2D eigenvalue weighted by atomic mass is 10.3.